The van der Waals surface area contributed by atoms with Gasteiger partial charge in [-0.25, -0.2) is 0 Å². The Morgan fingerprint density at radius 2 is 2.08 bits per heavy atom. The third-order valence-electron chi connectivity index (χ3n) is 4.72. The van der Waals surface area contributed by atoms with E-state index >= 15 is 0 Å². The number of hydrogen-bond donors (Lipinski definition) is 1. The standard InChI is InChI=1S/C18H21ClN2O3S/c1-20(11-15(22)23)12-5-4-9-21(10-8-12)18(24)17-16(19)13-6-2-3-7-14(13)25-17/h2-3,6-7,12H,4-5,8-11H2,1H3,(H,22,23)/t12-/m0/s1. The van der Waals surface area contributed by atoms with Gasteiger partial charge in [-0.1, -0.05) is 29.8 Å². The summed E-state index contributed by atoms with van der Waals surface area (Å²) < 4.78 is 1.02. The Balaban J connectivity index is 1.72. The molecule has 2 aromatic rings. The number of thiophene rings is 1. The number of hydrogen-bond acceptors (Lipinski definition) is 4. The van der Waals surface area contributed by atoms with E-state index in [1.807, 2.05) is 41.1 Å². The second kappa shape index (κ2) is 7.72. The minimum Gasteiger partial charge on any atom is -0.480 e. The average molecular weight is 381 g/mol. The van der Waals surface area contributed by atoms with Crippen molar-refractivity contribution in [2.45, 2.75) is 25.3 Å². The molecule has 1 aromatic carbocycles. The molecule has 2 heterocycles. The molecule has 0 aliphatic carbocycles. The van der Waals surface area contributed by atoms with E-state index in [9.17, 15) is 9.59 Å². The molecule has 0 spiro atoms. The number of carboxylic acid groups (broad SMARTS) is 1. The van der Waals surface area contributed by atoms with Gasteiger partial charge in [-0.2, -0.15) is 0 Å². The molecule has 0 bridgehead atoms. The van der Waals surface area contributed by atoms with Gasteiger partial charge < -0.3 is 10.0 Å². The molecule has 134 valence electrons. The molecule has 1 saturated heterocycles. The lowest BCUT2D eigenvalue weighted by atomic mass is 10.1. The monoisotopic (exact) mass is 380 g/mol. The number of carboxylic acids is 1. The van der Waals surface area contributed by atoms with Crippen molar-refractivity contribution in [3.8, 4) is 0 Å². The maximum absolute atomic E-state index is 12.9. The molecule has 0 radical (unpaired) electrons. The van der Waals surface area contributed by atoms with Crippen molar-refractivity contribution in [3.05, 3.63) is 34.2 Å². The lowest BCUT2D eigenvalue weighted by Crippen LogP contribution is -2.37. The van der Waals surface area contributed by atoms with Crippen molar-refractivity contribution in [1.82, 2.24) is 9.80 Å². The molecule has 1 aromatic heterocycles. The fourth-order valence-corrected chi connectivity index (χ4v) is 4.84. The summed E-state index contributed by atoms with van der Waals surface area (Å²) in [4.78, 5) is 28.2. The molecule has 1 amide bonds. The third kappa shape index (κ3) is 3.97. The van der Waals surface area contributed by atoms with Crippen LogP contribution in [0.1, 0.15) is 28.9 Å². The Kier molecular flexibility index (Phi) is 5.61. The van der Waals surface area contributed by atoms with Crippen molar-refractivity contribution < 1.29 is 14.7 Å². The summed E-state index contributed by atoms with van der Waals surface area (Å²) in [5.41, 5.74) is 0. The van der Waals surface area contributed by atoms with Gasteiger partial charge in [0, 0.05) is 29.2 Å². The highest BCUT2D eigenvalue weighted by Crippen LogP contribution is 2.36. The van der Waals surface area contributed by atoms with Crippen LogP contribution in [0.3, 0.4) is 0 Å². The molecular formula is C18H21ClN2O3S. The lowest BCUT2D eigenvalue weighted by molar-refractivity contribution is -0.138. The first-order valence-electron chi connectivity index (χ1n) is 8.35. The van der Waals surface area contributed by atoms with Gasteiger partial charge >= 0.3 is 5.97 Å². The maximum Gasteiger partial charge on any atom is 0.317 e. The molecule has 0 saturated carbocycles. The summed E-state index contributed by atoms with van der Waals surface area (Å²) in [6.45, 7) is 1.33. The summed E-state index contributed by atoms with van der Waals surface area (Å²) in [5, 5.41) is 10.4. The van der Waals surface area contributed by atoms with Crippen LogP contribution in [-0.2, 0) is 4.79 Å². The molecule has 1 atom stereocenters. The molecule has 1 N–H and O–H groups in total. The van der Waals surface area contributed by atoms with E-state index in [1.54, 1.807) is 0 Å². The van der Waals surface area contributed by atoms with Gasteiger partial charge in [-0.15, -0.1) is 11.3 Å². The SMILES string of the molecule is CN(CC(=O)O)[C@H]1CCCN(C(=O)c2sc3ccccc3c2Cl)CC1. The predicted octanol–water partition coefficient (Wildman–Crippen LogP) is 3.57. The van der Waals surface area contributed by atoms with Crippen LogP contribution in [0, 0.1) is 0 Å². The van der Waals surface area contributed by atoms with E-state index in [-0.39, 0.29) is 18.5 Å². The summed E-state index contributed by atoms with van der Waals surface area (Å²) in [5.74, 6) is -0.843. The molecule has 25 heavy (non-hydrogen) atoms. The number of likely N-dealkylation sites (N-methyl/N-ethyl adjacent to an activating group) is 1. The number of benzene rings is 1. The van der Waals surface area contributed by atoms with Crippen LogP contribution in [0.15, 0.2) is 24.3 Å². The van der Waals surface area contributed by atoms with Gasteiger partial charge in [0.05, 0.1) is 11.6 Å². The Hall–Kier alpha value is -1.63. The van der Waals surface area contributed by atoms with Gasteiger partial charge in [0.15, 0.2) is 0 Å². The minimum absolute atomic E-state index is 0.0206. The number of fused-ring (bicyclic) bond motifs is 1. The van der Waals surface area contributed by atoms with Crippen molar-refractivity contribution >= 4 is 44.9 Å². The zero-order valence-electron chi connectivity index (χ0n) is 14.1. The average Bonchev–Trinajstić information content (AvgIpc) is 2.76. The van der Waals surface area contributed by atoms with Crippen LogP contribution in [0.4, 0.5) is 0 Å². The van der Waals surface area contributed by atoms with E-state index in [0.29, 0.717) is 23.0 Å². The molecule has 5 nitrogen and oxygen atoms in total. The highest BCUT2D eigenvalue weighted by atomic mass is 35.5. The van der Waals surface area contributed by atoms with Gasteiger partial charge in [0.25, 0.3) is 5.91 Å². The van der Waals surface area contributed by atoms with E-state index < -0.39 is 5.97 Å². The largest absolute Gasteiger partial charge is 0.480 e. The van der Waals surface area contributed by atoms with Gasteiger partial charge in [0.2, 0.25) is 0 Å². The summed E-state index contributed by atoms with van der Waals surface area (Å²) in [7, 11) is 1.83. The molecule has 1 fully saturated rings. The van der Waals surface area contributed by atoms with Crippen molar-refractivity contribution in [3.63, 3.8) is 0 Å². The third-order valence-corrected chi connectivity index (χ3v) is 6.39. The fraction of sp³-hybridized carbons (Fsp3) is 0.444. The van der Waals surface area contributed by atoms with Crippen molar-refractivity contribution in [1.29, 1.82) is 0 Å². The van der Waals surface area contributed by atoms with Gasteiger partial charge in [-0.3, -0.25) is 14.5 Å². The van der Waals surface area contributed by atoms with Crippen LogP contribution in [0.25, 0.3) is 10.1 Å². The molecule has 7 heteroatoms. The van der Waals surface area contributed by atoms with E-state index in [4.69, 9.17) is 16.7 Å². The molecule has 1 aliphatic rings. The molecular weight excluding hydrogens is 360 g/mol. The smallest absolute Gasteiger partial charge is 0.317 e. The summed E-state index contributed by atoms with van der Waals surface area (Å²) >= 11 is 7.87. The number of nitrogens with zero attached hydrogens (tertiary/aromatic N) is 2. The van der Waals surface area contributed by atoms with Crippen LogP contribution < -0.4 is 0 Å². The number of aliphatic carboxylic acids is 1. The number of carbonyl (C=O) groups excluding carboxylic acids is 1. The predicted molar refractivity (Wildman–Crippen MR) is 101 cm³/mol. The number of amides is 1. The quantitative estimate of drug-likeness (QED) is 0.880. The second-order valence-corrected chi connectivity index (χ2v) is 7.86. The minimum atomic E-state index is -0.822. The zero-order valence-corrected chi connectivity index (χ0v) is 15.6. The first-order valence-corrected chi connectivity index (χ1v) is 9.55. The Labute approximate surface area is 155 Å². The normalized spacial score (nSPS) is 18.5. The number of halogens is 1. The Morgan fingerprint density at radius 3 is 2.80 bits per heavy atom. The van der Waals surface area contributed by atoms with Gasteiger partial charge in [0.1, 0.15) is 4.88 Å². The molecule has 3 rings (SSSR count). The Morgan fingerprint density at radius 1 is 1.32 bits per heavy atom. The first kappa shape index (κ1) is 18.2. The van der Waals surface area contributed by atoms with Crippen molar-refractivity contribution in [2.24, 2.45) is 0 Å². The number of likely N-dealkylation sites (tertiary alicyclic amines) is 1. The highest BCUT2D eigenvalue weighted by molar-refractivity contribution is 7.21. The van der Waals surface area contributed by atoms with E-state index in [2.05, 4.69) is 0 Å². The summed E-state index contributed by atoms with van der Waals surface area (Å²) in [6, 6.07) is 7.96. The van der Waals surface area contributed by atoms with Crippen molar-refractivity contribution in [2.75, 3.05) is 26.7 Å². The lowest BCUT2D eigenvalue weighted by Gasteiger charge is -2.25. The van der Waals surface area contributed by atoms with Gasteiger partial charge in [-0.05, 0) is 32.4 Å². The first-order chi connectivity index (χ1) is 12.0. The number of rotatable bonds is 4. The van der Waals surface area contributed by atoms with E-state index in [1.165, 1.54) is 11.3 Å². The van der Waals surface area contributed by atoms with Crippen LogP contribution in [0.5, 0.6) is 0 Å². The van der Waals surface area contributed by atoms with E-state index in [0.717, 1.165) is 29.3 Å². The fourth-order valence-electron chi connectivity index (χ4n) is 3.36. The molecule has 0 unspecified atom stereocenters. The topological polar surface area (TPSA) is 60.9 Å². The summed E-state index contributed by atoms with van der Waals surface area (Å²) in [6.07, 6.45) is 2.54. The zero-order chi connectivity index (χ0) is 18.0. The van der Waals surface area contributed by atoms with Crippen LogP contribution in [0.2, 0.25) is 5.02 Å². The highest BCUT2D eigenvalue weighted by Gasteiger charge is 2.27. The molecule has 1 aliphatic heterocycles. The van der Waals surface area contributed by atoms with Crippen LogP contribution in [-0.4, -0.2) is 59.5 Å². The second-order valence-electron chi connectivity index (χ2n) is 6.43. The number of carbonyl (C=O) groups is 2. The maximum atomic E-state index is 12.9. The Bertz CT molecular complexity index is 792. The van der Waals surface area contributed by atoms with Crippen LogP contribution >= 0.6 is 22.9 Å².